The van der Waals surface area contributed by atoms with Crippen LogP contribution in [-0.4, -0.2) is 39.0 Å². The predicted molar refractivity (Wildman–Crippen MR) is 74.0 cm³/mol. The van der Waals surface area contributed by atoms with Gasteiger partial charge in [-0.1, -0.05) is 12.1 Å². The zero-order chi connectivity index (χ0) is 13.9. The fourth-order valence-electron chi connectivity index (χ4n) is 1.89. The minimum Gasteiger partial charge on any atom is -0.379 e. The summed E-state index contributed by atoms with van der Waals surface area (Å²) in [4.78, 5) is 0. The SMILES string of the molecule is CC(N)c1cccc(NS(=O)(=O)N2CCOCC2)c1. The van der Waals surface area contributed by atoms with E-state index in [1.807, 2.05) is 13.0 Å². The van der Waals surface area contributed by atoms with Gasteiger partial charge in [-0.25, -0.2) is 0 Å². The molecule has 0 spiro atoms. The third-order valence-corrected chi connectivity index (χ3v) is 4.51. The highest BCUT2D eigenvalue weighted by molar-refractivity contribution is 7.90. The summed E-state index contributed by atoms with van der Waals surface area (Å²) < 4.78 is 33.4. The van der Waals surface area contributed by atoms with Gasteiger partial charge in [0.25, 0.3) is 0 Å². The number of nitrogens with zero attached hydrogens (tertiary/aromatic N) is 1. The van der Waals surface area contributed by atoms with Crippen LogP contribution in [-0.2, 0) is 14.9 Å². The van der Waals surface area contributed by atoms with Crippen LogP contribution >= 0.6 is 0 Å². The van der Waals surface area contributed by atoms with Gasteiger partial charge in [0, 0.05) is 19.1 Å². The highest BCUT2D eigenvalue weighted by Crippen LogP contribution is 2.18. The second-order valence-corrected chi connectivity index (χ2v) is 6.20. The van der Waals surface area contributed by atoms with E-state index in [9.17, 15) is 8.42 Å². The molecule has 1 fully saturated rings. The van der Waals surface area contributed by atoms with Crippen LogP contribution in [0.15, 0.2) is 24.3 Å². The van der Waals surface area contributed by atoms with Crippen LogP contribution in [0, 0.1) is 0 Å². The fourth-order valence-corrected chi connectivity index (χ4v) is 3.07. The van der Waals surface area contributed by atoms with Gasteiger partial charge < -0.3 is 10.5 Å². The third kappa shape index (κ3) is 3.66. The van der Waals surface area contributed by atoms with E-state index in [0.29, 0.717) is 32.0 Å². The Bertz CT molecular complexity index is 525. The summed E-state index contributed by atoms with van der Waals surface area (Å²) in [5.41, 5.74) is 7.20. The highest BCUT2D eigenvalue weighted by Gasteiger charge is 2.24. The van der Waals surface area contributed by atoms with Crippen molar-refractivity contribution in [2.75, 3.05) is 31.0 Å². The lowest BCUT2D eigenvalue weighted by atomic mass is 10.1. The van der Waals surface area contributed by atoms with E-state index in [-0.39, 0.29) is 6.04 Å². The van der Waals surface area contributed by atoms with E-state index >= 15 is 0 Å². The molecule has 1 heterocycles. The summed E-state index contributed by atoms with van der Waals surface area (Å²) in [6, 6.07) is 6.99. The monoisotopic (exact) mass is 285 g/mol. The number of anilines is 1. The summed E-state index contributed by atoms with van der Waals surface area (Å²) in [6.07, 6.45) is 0. The first-order valence-corrected chi connectivity index (χ1v) is 7.64. The van der Waals surface area contributed by atoms with Gasteiger partial charge in [-0.3, -0.25) is 4.72 Å². The number of nitrogens with two attached hydrogens (primary N) is 1. The van der Waals surface area contributed by atoms with Crippen LogP contribution < -0.4 is 10.5 Å². The Balaban J connectivity index is 2.13. The molecule has 6 nitrogen and oxygen atoms in total. The first kappa shape index (κ1) is 14.3. The second kappa shape index (κ2) is 5.87. The number of hydrogen-bond acceptors (Lipinski definition) is 4. The molecular weight excluding hydrogens is 266 g/mol. The molecule has 19 heavy (non-hydrogen) atoms. The zero-order valence-electron chi connectivity index (χ0n) is 10.9. The molecule has 0 bridgehead atoms. The zero-order valence-corrected chi connectivity index (χ0v) is 11.7. The summed E-state index contributed by atoms with van der Waals surface area (Å²) in [7, 11) is -3.52. The third-order valence-electron chi connectivity index (χ3n) is 2.97. The molecule has 3 N–H and O–H groups in total. The van der Waals surface area contributed by atoms with Crippen molar-refractivity contribution in [3.05, 3.63) is 29.8 Å². The van der Waals surface area contributed by atoms with Gasteiger partial charge in [-0.15, -0.1) is 0 Å². The van der Waals surface area contributed by atoms with Gasteiger partial charge in [0.1, 0.15) is 0 Å². The topological polar surface area (TPSA) is 84.7 Å². The van der Waals surface area contributed by atoms with E-state index in [1.54, 1.807) is 18.2 Å². The van der Waals surface area contributed by atoms with Crippen LogP contribution in [0.3, 0.4) is 0 Å². The Hall–Kier alpha value is -1.15. The Labute approximate surface area is 113 Å². The summed E-state index contributed by atoms with van der Waals surface area (Å²) >= 11 is 0. The maximum absolute atomic E-state index is 12.2. The van der Waals surface area contributed by atoms with Crippen molar-refractivity contribution in [3.8, 4) is 0 Å². The van der Waals surface area contributed by atoms with Gasteiger partial charge in [-0.2, -0.15) is 12.7 Å². The van der Waals surface area contributed by atoms with Crippen molar-refractivity contribution >= 4 is 15.9 Å². The number of rotatable bonds is 4. The van der Waals surface area contributed by atoms with Crippen molar-refractivity contribution in [3.63, 3.8) is 0 Å². The Kier molecular flexibility index (Phi) is 4.41. The molecule has 0 saturated carbocycles. The lowest BCUT2D eigenvalue weighted by molar-refractivity contribution is 0.0733. The summed E-state index contributed by atoms with van der Waals surface area (Å²) in [6.45, 7) is 3.47. The van der Waals surface area contributed by atoms with Crippen molar-refractivity contribution in [2.24, 2.45) is 5.73 Å². The smallest absolute Gasteiger partial charge is 0.301 e. The van der Waals surface area contributed by atoms with Crippen LogP contribution in [0.1, 0.15) is 18.5 Å². The van der Waals surface area contributed by atoms with E-state index in [4.69, 9.17) is 10.5 Å². The number of morpholine rings is 1. The van der Waals surface area contributed by atoms with E-state index in [0.717, 1.165) is 5.56 Å². The van der Waals surface area contributed by atoms with Crippen molar-refractivity contribution in [1.82, 2.24) is 4.31 Å². The summed E-state index contributed by atoms with van der Waals surface area (Å²) in [5.74, 6) is 0. The largest absolute Gasteiger partial charge is 0.379 e. The lowest BCUT2D eigenvalue weighted by Gasteiger charge is -2.26. The average molecular weight is 285 g/mol. The van der Waals surface area contributed by atoms with Crippen molar-refractivity contribution in [2.45, 2.75) is 13.0 Å². The molecule has 0 radical (unpaired) electrons. The molecule has 1 unspecified atom stereocenters. The molecule has 2 rings (SSSR count). The molecule has 0 amide bonds. The maximum Gasteiger partial charge on any atom is 0.301 e. The molecule has 1 aliphatic rings. The van der Waals surface area contributed by atoms with Crippen LogP contribution in [0.5, 0.6) is 0 Å². The maximum atomic E-state index is 12.2. The fraction of sp³-hybridized carbons (Fsp3) is 0.500. The van der Waals surface area contributed by atoms with Crippen molar-refractivity contribution < 1.29 is 13.2 Å². The van der Waals surface area contributed by atoms with Gasteiger partial charge in [0.15, 0.2) is 0 Å². The molecule has 0 aromatic heterocycles. The molecule has 0 aliphatic carbocycles. The quantitative estimate of drug-likeness (QED) is 0.852. The van der Waals surface area contributed by atoms with Crippen molar-refractivity contribution in [1.29, 1.82) is 0 Å². The van der Waals surface area contributed by atoms with Gasteiger partial charge in [-0.05, 0) is 24.6 Å². The molecule has 1 aromatic rings. The number of nitrogens with one attached hydrogen (secondary N) is 1. The predicted octanol–water partition coefficient (Wildman–Crippen LogP) is 0.695. The Morgan fingerprint density at radius 2 is 2.05 bits per heavy atom. The number of ether oxygens (including phenoxy) is 1. The van der Waals surface area contributed by atoms with Crippen LogP contribution in [0.4, 0.5) is 5.69 Å². The minimum atomic E-state index is -3.52. The number of benzene rings is 1. The standard InChI is InChI=1S/C12H19N3O3S/c1-10(13)11-3-2-4-12(9-11)14-19(16,17)15-5-7-18-8-6-15/h2-4,9-10,14H,5-8,13H2,1H3. The molecule has 1 aliphatic heterocycles. The van der Waals surface area contributed by atoms with Gasteiger partial charge in [0.2, 0.25) is 0 Å². The van der Waals surface area contributed by atoms with Crippen LogP contribution in [0.2, 0.25) is 0 Å². The molecule has 7 heteroatoms. The normalized spacial score (nSPS) is 19.1. The molecule has 106 valence electrons. The van der Waals surface area contributed by atoms with Gasteiger partial charge >= 0.3 is 10.2 Å². The van der Waals surface area contributed by atoms with E-state index < -0.39 is 10.2 Å². The van der Waals surface area contributed by atoms with Crippen LogP contribution in [0.25, 0.3) is 0 Å². The highest BCUT2D eigenvalue weighted by atomic mass is 32.2. The van der Waals surface area contributed by atoms with E-state index in [1.165, 1.54) is 4.31 Å². The van der Waals surface area contributed by atoms with Gasteiger partial charge in [0.05, 0.1) is 18.9 Å². The lowest BCUT2D eigenvalue weighted by Crippen LogP contribution is -2.43. The first-order valence-electron chi connectivity index (χ1n) is 6.20. The summed E-state index contributed by atoms with van der Waals surface area (Å²) in [5, 5.41) is 0. The molecule has 1 aromatic carbocycles. The Morgan fingerprint density at radius 3 is 2.68 bits per heavy atom. The molecule has 1 saturated heterocycles. The first-order chi connectivity index (χ1) is 8.99. The molecule has 1 atom stereocenters. The second-order valence-electron chi connectivity index (χ2n) is 4.53. The minimum absolute atomic E-state index is 0.132. The number of hydrogen-bond donors (Lipinski definition) is 2. The average Bonchev–Trinajstić information content (AvgIpc) is 2.39. The van der Waals surface area contributed by atoms with E-state index in [2.05, 4.69) is 4.72 Å². The molecular formula is C12H19N3O3S. The Morgan fingerprint density at radius 1 is 1.37 bits per heavy atom.